The third-order valence-corrected chi connectivity index (χ3v) is 3.82. The fourth-order valence-corrected chi connectivity index (χ4v) is 2.69. The molecule has 19 heavy (non-hydrogen) atoms. The summed E-state index contributed by atoms with van der Waals surface area (Å²) in [6, 6.07) is 2.67. The zero-order valence-corrected chi connectivity index (χ0v) is 12.5. The Bertz CT molecular complexity index is 403. The average Bonchev–Trinajstić information content (AvgIpc) is 2.71. The molecule has 108 valence electrons. The SMILES string of the molecule is CCC1COC(C)CN1Cc1cc(C)c(CNC)o1. The first-order valence-electron chi connectivity index (χ1n) is 7.22. The van der Waals surface area contributed by atoms with Crippen LogP contribution in [0.3, 0.4) is 0 Å². The van der Waals surface area contributed by atoms with Gasteiger partial charge in [0.05, 0.1) is 25.8 Å². The predicted octanol–water partition coefficient (Wildman–Crippen LogP) is 2.31. The molecule has 0 saturated carbocycles. The summed E-state index contributed by atoms with van der Waals surface area (Å²) in [7, 11) is 1.94. The van der Waals surface area contributed by atoms with Gasteiger partial charge in [-0.1, -0.05) is 6.92 Å². The maximum absolute atomic E-state index is 5.94. The smallest absolute Gasteiger partial charge is 0.120 e. The van der Waals surface area contributed by atoms with Crippen LogP contribution in [-0.2, 0) is 17.8 Å². The second-order valence-electron chi connectivity index (χ2n) is 5.48. The summed E-state index contributed by atoms with van der Waals surface area (Å²) in [5.74, 6) is 2.11. The number of hydrogen-bond acceptors (Lipinski definition) is 4. The molecule has 0 bridgehead atoms. The van der Waals surface area contributed by atoms with Crippen molar-refractivity contribution in [3.8, 4) is 0 Å². The number of nitrogens with zero attached hydrogens (tertiary/aromatic N) is 1. The van der Waals surface area contributed by atoms with Gasteiger partial charge in [-0.15, -0.1) is 0 Å². The minimum absolute atomic E-state index is 0.315. The van der Waals surface area contributed by atoms with E-state index in [-0.39, 0.29) is 0 Å². The van der Waals surface area contributed by atoms with Gasteiger partial charge >= 0.3 is 0 Å². The molecule has 1 aliphatic rings. The molecule has 1 N–H and O–H groups in total. The van der Waals surface area contributed by atoms with E-state index in [9.17, 15) is 0 Å². The molecule has 4 nitrogen and oxygen atoms in total. The molecule has 0 aliphatic carbocycles. The number of hydrogen-bond donors (Lipinski definition) is 1. The van der Waals surface area contributed by atoms with Gasteiger partial charge in [0.15, 0.2) is 0 Å². The fourth-order valence-electron chi connectivity index (χ4n) is 2.69. The van der Waals surface area contributed by atoms with Gasteiger partial charge in [-0.05, 0) is 38.9 Å². The minimum atomic E-state index is 0.315. The molecule has 1 saturated heterocycles. The third kappa shape index (κ3) is 3.59. The Kier molecular flexibility index (Phi) is 5.02. The predicted molar refractivity (Wildman–Crippen MR) is 76.1 cm³/mol. The van der Waals surface area contributed by atoms with E-state index in [0.717, 1.165) is 44.2 Å². The van der Waals surface area contributed by atoms with Gasteiger partial charge in [0.25, 0.3) is 0 Å². The second kappa shape index (κ2) is 6.55. The summed E-state index contributed by atoms with van der Waals surface area (Å²) >= 11 is 0. The van der Waals surface area contributed by atoms with Crippen molar-refractivity contribution >= 4 is 0 Å². The summed E-state index contributed by atoms with van der Waals surface area (Å²) in [5, 5.41) is 3.14. The molecule has 2 rings (SSSR count). The highest BCUT2D eigenvalue weighted by Crippen LogP contribution is 2.21. The molecule has 1 aromatic rings. The first-order valence-corrected chi connectivity index (χ1v) is 7.22. The average molecular weight is 266 g/mol. The lowest BCUT2D eigenvalue weighted by Gasteiger charge is -2.37. The molecule has 2 heterocycles. The van der Waals surface area contributed by atoms with E-state index in [1.807, 2.05) is 7.05 Å². The van der Waals surface area contributed by atoms with Gasteiger partial charge in [0.2, 0.25) is 0 Å². The summed E-state index contributed by atoms with van der Waals surface area (Å²) in [5.41, 5.74) is 1.23. The van der Waals surface area contributed by atoms with Crippen LogP contribution in [0.15, 0.2) is 10.5 Å². The molecular weight excluding hydrogens is 240 g/mol. The Morgan fingerprint density at radius 3 is 2.95 bits per heavy atom. The topological polar surface area (TPSA) is 37.6 Å². The Balaban J connectivity index is 2.04. The Morgan fingerprint density at radius 1 is 1.47 bits per heavy atom. The first kappa shape index (κ1) is 14.6. The molecule has 4 heteroatoms. The van der Waals surface area contributed by atoms with Crippen LogP contribution in [0.25, 0.3) is 0 Å². The maximum atomic E-state index is 5.94. The Morgan fingerprint density at radius 2 is 2.26 bits per heavy atom. The molecule has 0 amide bonds. The van der Waals surface area contributed by atoms with E-state index < -0.39 is 0 Å². The molecule has 2 atom stereocenters. The largest absolute Gasteiger partial charge is 0.463 e. The zero-order valence-electron chi connectivity index (χ0n) is 12.5. The van der Waals surface area contributed by atoms with Gasteiger partial charge in [-0.2, -0.15) is 0 Å². The number of furan rings is 1. The molecule has 1 aromatic heterocycles. The number of nitrogens with one attached hydrogen (secondary N) is 1. The summed E-state index contributed by atoms with van der Waals surface area (Å²) in [6.07, 6.45) is 1.44. The van der Waals surface area contributed by atoms with Crippen molar-refractivity contribution in [3.05, 3.63) is 23.2 Å². The van der Waals surface area contributed by atoms with Crippen molar-refractivity contribution in [2.75, 3.05) is 20.2 Å². The highest BCUT2D eigenvalue weighted by Gasteiger charge is 2.26. The fraction of sp³-hybridized carbons (Fsp3) is 0.733. The van der Waals surface area contributed by atoms with Crippen LogP contribution < -0.4 is 5.32 Å². The lowest BCUT2D eigenvalue weighted by Crippen LogP contribution is -2.47. The second-order valence-corrected chi connectivity index (χ2v) is 5.48. The van der Waals surface area contributed by atoms with Gasteiger partial charge in [-0.25, -0.2) is 0 Å². The van der Waals surface area contributed by atoms with Gasteiger partial charge in [-0.3, -0.25) is 4.90 Å². The quantitative estimate of drug-likeness (QED) is 0.887. The van der Waals surface area contributed by atoms with Gasteiger partial charge in [0.1, 0.15) is 11.5 Å². The third-order valence-electron chi connectivity index (χ3n) is 3.82. The van der Waals surface area contributed by atoms with E-state index >= 15 is 0 Å². The van der Waals surface area contributed by atoms with E-state index in [0.29, 0.717) is 12.1 Å². The molecule has 2 unspecified atom stereocenters. The molecule has 0 spiro atoms. The van der Waals surface area contributed by atoms with Crippen LogP contribution in [-0.4, -0.2) is 37.2 Å². The Hall–Kier alpha value is -0.840. The zero-order chi connectivity index (χ0) is 13.8. The van der Waals surface area contributed by atoms with Crippen molar-refractivity contribution in [2.24, 2.45) is 0 Å². The van der Waals surface area contributed by atoms with Crippen molar-refractivity contribution in [1.29, 1.82) is 0 Å². The lowest BCUT2D eigenvalue weighted by atomic mass is 10.1. The van der Waals surface area contributed by atoms with E-state index in [1.54, 1.807) is 0 Å². The minimum Gasteiger partial charge on any atom is -0.463 e. The van der Waals surface area contributed by atoms with Gasteiger partial charge < -0.3 is 14.5 Å². The molecule has 1 fully saturated rings. The monoisotopic (exact) mass is 266 g/mol. The van der Waals surface area contributed by atoms with E-state index in [1.165, 1.54) is 5.56 Å². The maximum Gasteiger partial charge on any atom is 0.120 e. The normalized spacial score (nSPS) is 24.8. The molecule has 0 aromatic carbocycles. The van der Waals surface area contributed by atoms with E-state index in [4.69, 9.17) is 9.15 Å². The molecule has 0 radical (unpaired) electrons. The van der Waals surface area contributed by atoms with E-state index in [2.05, 4.69) is 37.1 Å². The molecular formula is C15H26N2O2. The van der Waals surface area contributed by atoms with Gasteiger partial charge in [0, 0.05) is 12.6 Å². The number of morpholine rings is 1. The van der Waals surface area contributed by atoms with Crippen molar-refractivity contribution in [2.45, 2.75) is 52.4 Å². The van der Waals surface area contributed by atoms with Crippen molar-refractivity contribution < 1.29 is 9.15 Å². The number of aryl methyl sites for hydroxylation is 1. The summed E-state index contributed by atoms with van der Waals surface area (Å²) in [6.45, 7) is 9.97. The van der Waals surface area contributed by atoms with Crippen molar-refractivity contribution in [3.63, 3.8) is 0 Å². The highest BCUT2D eigenvalue weighted by molar-refractivity contribution is 5.20. The summed E-state index contributed by atoms with van der Waals surface area (Å²) < 4.78 is 11.7. The number of rotatable bonds is 5. The van der Waals surface area contributed by atoms with Crippen LogP contribution in [0.2, 0.25) is 0 Å². The Labute approximate surface area is 116 Å². The number of ether oxygens (including phenoxy) is 1. The lowest BCUT2D eigenvalue weighted by molar-refractivity contribution is -0.0611. The van der Waals surface area contributed by atoms with Crippen LogP contribution >= 0.6 is 0 Å². The van der Waals surface area contributed by atoms with Crippen molar-refractivity contribution in [1.82, 2.24) is 10.2 Å². The molecule has 1 aliphatic heterocycles. The standard InChI is InChI=1S/C15H26N2O2/c1-5-13-10-18-12(3)8-17(13)9-14-6-11(2)15(19-14)7-16-4/h6,12-13,16H,5,7-10H2,1-4H3. The van der Waals surface area contributed by atoms with Crippen LogP contribution in [0.5, 0.6) is 0 Å². The first-order chi connectivity index (χ1) is 9.13. The summed E-state index contributed by atoms with van der Waals surface area (Å²) in [4.78, 5) is 2.48. The van der Waals surface area contributed by atoms with Crippen LogP contribution in [0, 0.1) is 6.92 Å². The highest BCUT2D eigenvalue weighted by atomic mass is 16.5. The van der Waals surface area contributed by atoms with Crippen LogP contribution in [0.4, 0.5) is 0 Å². The van der Waals surface area contributed by atoms with Crippen LogP contribution in [0.1, 0.15) is 37.4 Å².